The quantitative estimate of drug-likeness (QED) is 0.647. The maximum Gasteiger partial charge on any atom is 0.291 e. The Morgan fingerprint density at radius 1 is 1.09 bits per heavy atom. The summed E-state index contributed by atoms with van der Waals surface area (Å²) >= 11 is 3.47. The number of rotatable bonds is 3. The summed E-state index contributed by atoms with van der Waals surface area (Å²) in [5.41, 5.74) is 8.97. The smallest absolute Gasteiger partial charge is 0.291 e. The topological polar surface area (TPSA) is 68.3 Å². The molecule has 3 aromatic rings. The van der Waals surface area contributed by atoms with Crippen LogP contribution in [-0.2, 0) is 0 Å². The van der Waals surface area contributed by atoms with Crippen LogP contribution in [0, 0.1) is 6.92 Å². The van der Waals surface area contributed by atoms with Gasteiger partial charge < -0.3 is 15.5 Å². The number of nitrogens with two attached hydrogens (primary N) is 1. The van der Waals surface area contributed by atoms with Crippen LogP contribution in [0.2, 0.25) is 0 Å². The molecule has 0 unspecified atom stereocenters. The number of hydrogen-bond acceptors (Lipinski definition) is 3. The van der Waals surface area contributed by atoms with Gasteiger partial charge in [-0.1, -0.05) is 22.0 Å². The molecule has 23 heavy (non-hydrogen) atoms. The van der Waals surface area contributed by atoms with Crippen molar-refractivity contribution in [1.82, 2.24) is 0 Å². The molecule has 0 aliphatic heterocycles. The van der Waals surface area contributed by atoms with Crippen molar-refractivity contribution in [3.8, 4) is 11.3 Å². The molecule has 3 rings (SSSR count). The summed E-state index contributed by atoms with van der Waals surface area (Å²) in [6, 6.07) is 16.3. The van der Waals surface area contributed by atoms with E-state index in [0.717, 1.165) is 15.6 Å². The fourth-order valence-electron chi connectivity index (χ4n) is 2.17. The monoisotopic (exact) mass is 370 g/mol. The molecule has 116 valence electrons. The average molecular weight is 371 g/mol. The van der Waals surface area contributed by atoms with Gasteiger partial charge in [-0.25, -0.2) is 0 Å². The molecule has 5 heteroatoms. The Bertz CT molecular complexity index is 854. The second kappa shape index (κ2) is 6.30. The Hall–Kier alpha value is -2.53. The molecule has 0 radical (unpaired) electrons. The summed E-state index contributed by atoms with van der Waals surface area (Å²) in [5.74, 6) is 0.621. The van der Waals surface area contributed by atoms with Crippen molar-refractivity contribution in [2.45, 2.75) is 6.92 Å². The van der Waals surface area contributed by atoms with Crippen LogP contribution in [0.5, 0.6) is 0 Å². The van der Waals surface area contributed by atoms with Crippen molar-refractivity contribution in [2.24, 2.45) is 0 Å². The first-order valence-corrected chi connectivity index (χ1v) is 7.85. The van der Waals surface area contributed by atoms with Gasteiger partial charge >= 0.3 is 0 Å². The molecule has 0 saturated carbocycles. The SMILES string of the molecule is Cc1cc(-c2ccc(C(=O)Nc3ccc(N)cc3)o2)ccc1Br. The van der Waals surface area contributed by atoms with E-state index in [1.807, 2.05) is 25.1 Å². The number of aryl methyl sites for hydroxylation is 1. The van der Waals surface area contributed by atoms with E-state index in [-0.39, 0.29) is 11.7 Å². The van der Waals surface area contributed by atoms with E-state index >= 15 is 0 Å². The molecule has 4 nitrogen and oxygen atoms in total. The highest BCUT2D eigenvalue weighted by Crippen LogP contribution is 2.27. The van der Waals surface area contributed by atoms with E-state index in [1.165, 1.54) is 0 Å². The number of hydrogen-bond donors (Lipinski definition) is 2. The third kappa shape index (κ3) is 3.46. The molecule has 0 spiro atoms. The van der Waals surface area contributed by atoms with Crippen LogP contribution in [0.15, 0.2) is 63.5 Å². The first kappa shape index (κ1) is 15.4. The fourth-order valence-corrected chi connectivity index (χ4v) is 2.42. The number of nitrogens with one attached hydrogen (secondary N) is 1. The molecule has 1 amide bonds. The fraction of sp³-hybridized carbons (Fsp3) is 0.0556. The zero-order valence-corrected chi connectivity index (χ0v) is 14.1. The molecular weight excluding hydrogens is 356 g/mol. The average Bonchev–Trinajstić information content (AvgIpc) is 3.02. The lowest BCUT2D eigenvalue weighted by atomic mass is 10.1. The molecule has 0 saturated heterocycles. The predicted octanol–water partition coefficient (Wildman–Crippen LogP) is 4.85. The number of halogens is 1. The highest BCUT2D eigenvalue weighted by molar-refractivity contribution is 9.10. The minimum Gasteiger partial charge on any atom is -0.451 e. The number of amides is 1. The van der Waals surface area contributed by atoms with Crippen LogP contribution < -0.4 is 11.1 Å². The molecule has 0 aliphatic rings. The van der Waals surface area contributed by atoms with Crippen LogP contribution in [0.3, 0.4) is 0 Å². The van der Waals surface area contributed by atoms with Crippen molar-refractivity contribution in [3.05, 3.63) is 70.4 Å². The van der Waals surface area contributed by atoms with Crippen LogP contribution in [-0.4, -0.2) is 5.91 Å². The van der Waals surface area contributed by atoms with Crippen LogP contribution in [0.4, 0.5) is 11.4 Å². The summed E-state index contributed by atoms with van der Waals surface area (Å²) in [5, 5.41) is 2.77. The van der Waals surface area contributed by atoms with Crippen LogP contribution in [0.1, 0.15) is 16.1 Å². The van der Waals surface area contributed by atoms with Crippen LogP contribution >= 0.6 is 15.9 Å². The summed E-state index contributed by atoms with van der Waals surface area (Å²) < 4.78 is 6.71. The van der Waals surface area contributed by atoms with Crippen molar-refractivity contribution >= 4 is 33.2 Å². The third-order valence-electron chi connectivity index (χ3n) is 3.44. The van der Waals surface area contributed by atoms with Crippen molar-refractivity contribution in [2.75, 3.05) is 11.1 Å². The minimum atomic E-state index is -0.296. The summed E-state index contributed by atoms with van der Waals surface area (Å²) in [7, 11) is 0. The Morgan fingerprint density at radius 2 is 1.83 bits per heavy atom. The standard InChI is InChI=1S/C18H15BrN2O2/c1-11-10-12(2-7-15(11)19)16-8-9-17(23-16)18(22)21-14-5-3-13(20)4-6-14/h2-10H,20H2,1H3,(H,21,22). The molecule has 2 aromatic carbocycles. The zero-order valence-electron chi connectivity index (χ0n) is 12.5. The summed E-state index contributed by atoms with van der Waals surface area (Å²) in [6.45, 7) is 2.01. The summed E-state index contributed by atoms with van der Waals surface area (Å²) in [4.78, 5) is 12.2. The normalized spacial score (nSPS) is 10.5. The largest absolute Gasteiger partial charge is 0.451 e. The van der Waals surface area contributed by atoms with E-state index in [4.69, 9.17) is 10.2 Å². The van der Waals surface area contributed by atoms with Gasteiger partial charge in [0.05, 0.1) is 0 Å². The maximum absolute atomic E-state index is 12.2. The minimum absolute atomic E-state index is 0.261. The van der Waals surface area contributed by atoms with E-state index in [0.29, 0.717) is 17.1 Å². The predicted molar refractivity (Wildman–Crippen MR) is 95.4 cm³/mol. The van der Waals surface area contributed by atoms with Gasteiger partial charge in [0.1, 0.15) is 5.76 Å². The molecule has 0 fully saturated rings. The highest BCUT2D eigenvalue weighted by Gasteiger charge is 2.13. The van der Waals surface area contributed by atoms with E-state index in [1.54, 1.807) is 36.4 Å². The first-order valence-electron chi connectivity index (χ1n) is 7.06. The number of anilines is 2. The zero-order chi connectivity index (χ0) is 16.4. The number of carbonyl (C=O) groups is 1. The summed E-state index contributed by atoms with van der Waals surface area (Å²) in [6.07, 6.45) is 0. The number of nitrogen functional groups attached to an aromatic ring is 1. The lowest BCUT2D eigenvalue weighted by Crippen LogP contribution is -2.10. The maximum atomic E-state index is 12.2. The van der Waals surface area contributed by atoms with Gasteiger partial charge in [-0.3, -0.25) is 4.79 Å². The lowest BCUT2D eigenvalue weighted by Gasteiger charge is -2.04. The van der Waals surface area contributed by atoms with Gasteiger partial charge in [-0.05, 0) is 61.0 Å². The van der Waals surface area contributed by atoms with Gasteiger partial charge in [-0.2, -0.15) is 0 Å². The van der Waals surface area contributed by atoms with E-state index < -0.39 is 0 Å². The van der Waals surface area contributed by atoms with Gasteiger partial charge in [-0.15, -0.1) is 0 Å². The molecule has 0 atom stereocenters. The number of furan rings is 1. The number of benzene rings is 2. The Morgan fingerprint density at radius 3 is 2.52 bits per heavy atom. The molecule has 1 aromatic heterocycles. The molecule has 1 heterocycles. The van der Waals surface area contributed by atoms with Crippen molar-refractivity contribution in [1.29, 1.82) is 0 Å². The Balaban J connectivity index is 1.79. The molecular formula is C18H15BrN2O2. The lowest BCUT2D eigenvalue weighted by molar-refractivity contribution is 0.0997. The number of carbonyl (C=O) groups excluding carboxylic acids is 1. The molecule has 3 N–H and O–H groups in total. The van der Waals surface area contributed by atoms with Crippen molar-refractivity contribution in [3.63, 3.8) is 0 Å². The van der Waals surface area contributed by atoms with E-state index in [2.05, 4.69) is 21.2 Å². The Kier molecular flexibility index (Phi) is 4.21. The van der Waals surface area contributed by atoms with Gasteiger partial charge in [0.25, 0.3) is 5.91 Å². The highest BCUT2D eigenvalue weighted by atomic mass is 79.9. The third-order valence-corrected chi connectivity index (χ3v) is 4.33. The second-order valence-electron chi connectivity index (χ2n) is 5.20. The van der Waals surface area contributed by atoms with E-state index in [9.17, 15) is 4.79 Å². The van der Waals surface area contributed by atoms with Gasteiger partial charge in [0, 0.05) is 21.4 Å². The Labute approximate surface area is 142 Å². The molecule has 0 aliphatic carbocycles. The van der Waals surface area contributed by atoms with Gasteiger partial charge in [0.15, 0.2) is 5.76 Å². The first-order chi connectivity index (χ1) is 11.0. The van der Waals surface area contributed by atoms with Crippen molar-refractivity contribution < 1.29 is 9.21 Å². The van der Waals surface area contributed by atoms with Gasteiger partial charge in [0.2, 0.25) is 0 Å². The van der Waals surface area contributed by atoms with Crippen LogP contribution in [0.25, 0.3) is 11.3 Å². The second-order valence-corrected chi connectivity index (χ2v) is 6.06. The molecule has 0 bridgehead atoms.